The van der Waals surface area contributed by atoms with Crippen molar-refractivity contribution in [1.82, 2.24) is 0 Å². The molecule has 2 aromatic carbocycles. The Bertz CT molecular complexity index is 1700. The molecule has 7 atom stereocenters. The van der Waals surface area contributed by atoms with Gasteiger partial charge in [-0.15, -0.1) is 0 Å². The molecule has 0 unspecified atom stereocenters. The zero-order chi connectivity index (χ0) is 39.0. The summed E-state index contributed by atoms with van der Waals surface area (Å²) >= 11 is 0. The number of carbonyl (C=O) groups excluding carboxylic acids is 6. The van der Waals surface area contributed by atoms with E-state index in [0.717, 1.165) is 19.4 Å². The molecule has 0 amide bonds. The van der Waals surface area contributed by atoms with E-state index >= 15 is 0 Å². The first-order valence-electron chi connectivity index (χ1n) is 16.8. The van der Waals surface area contributed by atoms with E-state index in [0.29, 0.717) is 23.3 Å². The Hall–Kier alpha value is -5.22. The van der Waals surface area contributed by atoms with E-state index < -0.39 is 78.2 Å². The summed E-state index contributed by atoms with van der Waals surface area (Å²) in [5, 5.41) is 0. The van der Waals surface area contributed by atoms with E-state index in [1.807, 2.05) is 0 Å². The zero-order valence-electron chi connectivity index (χ0n) is 30.8. The molecule has 1 aliphatic heterocycles. The Kier molecular flexibility index (Phi) is 13.8. The molecular weight excluding hydrogens is 700 g/mol. The Morgan fingerprint density at radius 2 is 1.26 bits per heavy atom. The minimum Gasteiger partial charge on any atom is -0.493 e. The summed E-state index contributed by atoms with van der Waals surface area (Å²) in [5.41, 5.74) is 2.17. The molecule has 0 N–H and O–H groups in total. The van der Waals surface area contributed by atoms with E-state index in [9.17, 15) is 28.8 Å². The topological polar surface area (TPSA) is 195 Å². The van der Waals surface area contributed by atoms with Gasteiger partial charge in [-0.05, 0) is 53.3 Å². The van der Waals surface area contributed by atoms with Crippen LogP contribution in [0, 0.1) is 11.8 Å². The molecule has 16 heteroatoms. The van der Waals surface area contributed by atoms with E-state index in [-0.39, 0.29) is 37.1 Å². The maximum Gasteiger partial charge on any atom is 0.308 e. The van der Waals surface area contributed by atoms with Crippen LogP contribution in [-0.2, 0) is 63.6 Å². The molecule has 0 spiro atoms. The van der Waals surface area contributed by atoms with E-state index in [2.05, 4.69) is 0 Å². The van der Waals surface area contributed by atoms with Crippen molar-refractivity contribution in [2.75, 3.05) is 34.0 Å². The lowest BCUT2D eigenvalue weighted by Gasteiger charge is -2.43. The van der Waals surface area contributed by atoms with Gasteiger partial charge in [-0.25, -0.2) is 0 Å². The van der Waals surface area contributed by atoms with Gasteiger partial charge in [0.1, 0.15) is 0 Å². The molecule has 0 aromatic heterocycles. The van der Waals surface area contributed by atoms with Crippen molar-refractivity contribution < 1.29 is 76.1 Å². The largest absolute Gasteiger partial charge is 0.493 e. The van der Waals surface area contributed by atoms with Gasteiger partial charge in [0, 0.05) is 53.4 Å². The number of fused-ring (bicyclic) bond motifs is 1. The summed E-state index contributed by atoms with van der Waals surface area (Å²) in [6.45, 7) is 6.90. The quantitative estimate of drug-likeness (QED) is 0.165. The molecule has 1 saturated heterocycles. The first-order chi connectivity index (χ1) is 25.1. The highest BCUT2D eigenvalue weighted by Crippen LogP contribution is 2.49. The Morgan fingerprint density at radius 3 is 1.85 bits per heavy atom. The molecule has 2 aliphatic rings. The number of ether oxygens (including phenoxy) is 10. The lowest BCUT2D eigenvalue weighted by molar-refractivity contribution is -0.284. The van der Waals surface area contributed by atoms with Gasteiger partial charge in [0.25, 0.3) is 0 Å². The van der Waals surface area contributed by atoms with Gasteiger partial charge in [-0.3, -0.25) is 28.8 Å². The van der Waals surface area contributed by atoms with Gasteiger partial charge in [-0.1, -0.05) is 6.07 Å². The third-order valence-electron chi connectivity index (χ3n) is 8.59. The van der Waals surface area contributed by atoms with Crippen molar-refractivity contribution in [2.24, 2.45) is 11.8 Å². The standard InChI is InChI=1S/C37H44O16/c1-18(38)46-15-26-11-25-13-31(45-8)32(50-20(3)40)14-27(25)34(24-9-10-29(49-19(2)39)30(12-24)44-7)28(26)16-47-37-36(53-23(6)43)35(52-22(5)42)33(17-48-37)51-21(4)41/h9-10,12-14,26,28,33-37H,11,15-17H2,1-8H3/t26-,28-,33+,34-,35-,36+,37+/m0/s1. The highest BCUT2D eigenvalue weighted by molar-refractivity contribution is 5.72. The fraction of sp³-hybridized carbons (Fsp3) is 0.514. The smallest absolute Gasteiger partial charge is 0.308 e. The van der Waals surface area contributed by atoms with Gasteiger partial charge in [0.2, 0.25) is 0 Å². The second kappa shape index (κ2) is 18.0. The number of esters is 6. The third kappa shape index (κ3) is 10.4. The highest BCUT2D eigenvalue weighted by Gasteiger charge is 2.49. The van der Waals surface area contributed by atoms with Gasteiger partial charge >= 0.3 is 35.8 Å². The molecular formula is C37H44O16. The van der Waals surface area contributed by atoms with E-state index in [4.69, 9.17) is 47.4 Å². The molecule has 16 nitrogen and oxygen atoms in total. The van der Waals surface area contributed by atoms with Crippen LogP contribution in [0.25, 0.3) is 0 Å². The first kappa shape index (κ1) is 40.5. The van der Waals surface area contributed by atoms with Gasteiger partial charge < -0.3 is 47.4 Å². The Morgan fingerprint density at radius 1 is 0.660 bits per heavy atom. The van der Waals surface area contributed by atoms with Gasteiger partial charge in [0.15, 0.2) is 47.6 Å². The van der Waals surface area contributed by atoms with Crippen molar-refractivity contribution in [3.05, 3.63) is 47.0 Å². The summed E-state index contributed by atoms with van der Waals surface area (Å²) in [4.78, 5) is 72.4. The number of carbonyl (C=O) groups is 6. The molecule has 1 fully saturated rings. The molecule has 1 aliphatic carbocycles. The lowest BCUT2D eigenvalue weighted by Crippen LogP contribution is -2.58. The fourth-order valence-corrected chi connectivity index (χ4v) is 6.66. The van der Waals surface area contributed by atoms with Crippen molar-refractivity contribution in [3.63, 3.8) is 0 Å². The van der Waals surface area contributed by atoms with Crippen molar-refractivity contribution in [3.8, 4) is 23.0 Å². The van der Waals surface area contributed by atoms with E-state index in [1.54, 1.807) is 30.3 Å². The predicted octanol–water partition coefficient (Wildman–Crippen LogP) is 3.21. The van der Waals surface area contributed by atoms with Crippen LogP contribution in [0.5, 0.6) is 23.0 Å². The van der Waals surface area contributed by atoms with Crippen LogP contribution in [0.4, 0.5) is 0 Å². The number of methoxy groups -OCH3 is 2. The number of hydrogen-bond donors (Lipinski definition) is 0. The second-order valence-electron chi connectivity index (χ2n) is 12.5. The van der Waals surface area contributed by atoms with Crippen molar-refractivity contribution in [1.29, 1.82) is 0 Å². The van der Waals surface area contributed by atoms with Crippen LogP contribution in [0.15, 0.2) is 30.3 Å². The number of hydrogen-bond acceptors (Lipinski definition) is 16. The summed E-state index contributed by atoms with van der Waals surface area (Å²) < 4.78 is 56.3. The Balaban J connectivity index is 1.85. The molecule has 0 radical (unpaired) electrons. The first-order valence-corrected chi connectivity index (χ1v) is 16.8. The molecule has 0 bridgehead atoms. The molecule has 288 valence electrons. The molecule has 1 heterocycles. The van der Waals surface area contributed by atoms with Crippen LogP contribution < -0.4 is 18.9 Å². The predicted molar refractivity (Wildman–Crippen MR) is 180 cm³/mol. The molecule has 0 saturated carbocycles. The highest BCUT2D eigenvalue weighted by atomic mass is 16.7. The van der Waals surface area contributed by atoms with Gasteiger partial charge in [-0.2, -0.15) is 0 Å². The minimum atomic E-state index is -1.35. The molecule has 2 aromatic rings. The monoisotopic (exact) mass is 744 g/mol. The third-order valence-corrected chi connectivity index (χ3v) is 8.59. The van der Waals surface area contributed by atoms with Crippen LogP contribution >= 0.6 is 0 Å². The summed E-state index contributed by atoms with van der Waals surface area (Å²) in [6.07, 6.45) is -4.67. The number of rotatable bonds is 13. The van der Waals surface area contributed by atoms with Gasteiger partial charge in [0.05, 0.1) is 34.0 Å². The summed E-state index contributed by atoms with van der Waals surface area (Å²) in [6, 6.07) is 8.47. The SMILES string of the molecule is COc1cc([C@H]2c3cc(OC(C)=O)c(OC)cc3C[C@@H](COC(C)=O)[C@@H]2CO[C@@H]2OC[C@@H](OC(C)=O)[C@H](OC(C)=O)[C@H]2OC(C)=O)ccc1OC(C)=O. The van der Waals surface area contributed by atoms with Crippen LogP contribution in [0.3, 0.4) is 0 Å². The minimum absolute atomic E-state index is 0.0283. The average molecular weight is 745 g/mol. The summed E-state index contributed by atoms with van der Waals surface area (Å²) in [5.74, 6) is -4.40. The normalized spacial score (nSPS) is 23.4. The van der Waals surface area contributed by atoms with Crippen molar-refractivity contribution in [2.45, 2.75) is 78.5 Å². The summed E-state index contributed by atoms with van der Waals surface area (Å²) in [7, 11) is 2.87. The molecule has 53 heavy (non-hydrogen) atoms. The maximum absolute atomic E-state index is 12.3. The molecule has 4 rings (SSSR count). The van der Waals surface area contributed by atoms with Crippen LogP contribution in [0.2, 0.25) is 0 Å². The van der Waals surface area contributed by atoms with E-state index in [1.165, 1.54) is 41.9 Å². The maximum atomic E-state index is 12.3. The van der Waals surface area contributed by atoms with Crippen molar-refractivity contribution >= 4 is 35.8 Å². The lowest BCUT2D eigenvalue weighted by atomic mass is 9.66. The number of benzene rings is 2. The fourth-order valence-electron chi connectivity index (χ4n) is 6.66. The van der Waals surface area contributed by atoms with Crippen LogP contribution in [0.1, 0.15) is 64.2 Å². The van der Waals surface area contributed by atoms with Crippen LogP contribution in [-0.4, -0.2) is 94.5 Å². The Labute approximate surface area is 306 Å². The second-order valence-corrected chi connectivity index (χ2v) is 12.5. The average Bonchev–Trinajstić information content (AvgIpc) is 3.07. The zero-order valence-corrected chi connectivity index (χ0v) is 30.8.